The van der Waals surface area contributed by atoms with Crippen LogP contribution in [0, 0.1) is 6.92 Å². The molecule has 0 radical (unpaired) electrons. The van der Waals surface area contributed by atoms with Crippen molar-refractivity contribution in [1.82, 2.24) is 19.6 Å². The third kappa shape index (κ3) is 3.83. The molecule has 6 nitrogen and oxygen atoms in total. The zero-order valence-corrected chi connectivity index (χ0v) is 14.2. The summed E-state index contributed by atoms with van der Waals surface area (Å²) in [6.45, 7) is 4.35. The van der Waals surface area contributed by atoms with E-state index in [9.17, 15) is 4.79 Å². The highest BCUT2D eigenvalue weighted by molar-refractivity contribution is 6.30. The predicted octanol–water partition coefficient (Wildman–Crippen LogP) is 3.29. The third-order valence-electron chi connectivity index (χ3n) is 3.66. The number of nitrogens with one attached hydrogen (secondary N) is 1. The number of anilines is 1. The molecule has 1 aromatic carbocycles. The minimum atomic E-state index is -0.403. The Morgan fingerprint density at radius 1 is 1.29 bits per heavy atom. The van der Waals surface area contributed by atoms with Gasteiger partial charge >= 0.3 is 0 Å². The summed E-state index contributed by atoms with van der Waals surface area (Å²) in [5, 5.41) is 12.1. The number of hydrogen-bond donors (Lipinski definition) is 1. The Kier molecular flexibility index (Phi) is 4.66. The predicted molar refractivity (Wildman–Crippen MR) is 93.1 cm³/mol. The second-order valence-electron chi connectivity index (χ2n) is 5.69. The van der Waals surface area contributed by atoms with Gasteiger partial charge < -0.3 is 5.32 Å². The molecule has 1 N–H and O–H groups in total. The van der Waals surface area contributed by atoms with Crippen molar-refractivity contribution < 1.29 is 4.79 Å². The lowest BCUT2D eigenvalue weighted by molar-refractivity contribution is -0.119. The van der Waals surface area contributed by atoms with Gasteiger partial charge in [-0.25, -0.2) is 0 Å². The molecule has 1 atom stereocenters. The molecule has 124 valence electrons. The Morgan fingerprint density at radius 3 is 2.71 bits per heavy atom. The molecule has 0 saturated heterocycles. The molecule has 2 aromatic heterocycles. The summed E-state index contributed by atoms with van der Waals surface area (Å²) in [5.41, 5.74) is 2.10. The van der Waals surface area contributed by atoms with E-state index in [1.165, 1.54) is 0 Å². The van der Waals surface area contributed by atoms with Gasteiger partial charge in [-0.2, -0.15) is 10.2 Å². The van der Waals surface area contributed by atoms with E-state index in [-0.39, 0.29) is 5.91 Å². The van der Waals surface area contributed by atoms with Crippen LogP contribution < -0.4 is 5.32 Å². The van der Waals surface area contributed by atoms with Crippen LogP contribution in [0.2, 0.25) is 5.02 Å². The smallest absolute Gasteiger partial charge is 0.250 e. The number of rotatable bonds is 5. The van der Waals surface area contributed by atoms with Crippen molar-refractivity contribution in [2.45, 2.75) is 26.4 Å². The van der Waals surface area contributed by atoms with Crippen molar-refractivity contribution in [3.05, 3.63) is 65.1 Å². The number of amides is 1. The molecule has 7 heteroatoms. The van der Waals surface area contributed by atoms with Crippen molar-refractivity contribution in [3.8, 4) is 0 Å². The molecule has 2 heterocycles. The number of halogens is 1. The van der Waals surface area contributed by atoms with Gasteiger partial charge in [0, 0.05) is 23.5 Å². The molecule has 0 spiro atoms. The number of nitrogens with zero attached hydrogens (tertiary/aromatic N) is 4. The Balaban J connectivity index is 1.63. The van der Waals surface area contributed by atoms with E-state index in [1.54, 1.807) is 28.6 Å². The molecule has 24 heavy (non-hydrogen) atoms. The number of benzene rings is 1. The van der Waals surface area contributed by atoms with E-state index < -0.39 is 6.04 Å². The Morgan fingerprint density at radius 2 is 2.04 bits per heavy atom. The largest absolute Gasteiger partial charge is 0.307 e. The van der Waals surface area contributed by atoms with E-state index in [0.29, 0.717) is 17.4 Å². The molecule has 0 fully saturated rings. The molecule has 0 aliphatic carbocycles. The highest BCUT2D eigenvalue weighted by Gasteiger charge is 2.16. The standard InChI is InChI=1S/C17H18ClN5O/c1-12-9-19-23(10-12)13(2)17(24)20-16-7-8-22(21-16)11-14-3-5-15(18)6-4-14/h3-10,13H,11H2,1-2H3,(H,20,21,24). The fourth-order valence-corrected chi connectivity index (χ4v) is 2.41. The summed E-state index contributed by atoms with van der Waals surface area (Å²) < 4.78 is 3.40. The fourth-order valence-electron chi connectivity index (χ4n) is 2.29. The van der Waals surface area contributed by atoms with Gasteiger partial charge in [-0.1, -0.05) is 23.7 Å². The van der Waals surface area contributed by atoms with Gasteiger partial charge in [0.15, 0.2) is 5.82 Å². The van der Waals surface area contributed by atoms with Crippen LogP contribution in [-0.2, 0) is 11.3 Å². The molecular formula is C17H18ClN5O. The summed E-state index contributed by atoms with van der Waals surface area (Å²) in [4.78, 5) is 12.3. The topological polar surface area (TPSA) is 64.7 Å². The van der Waals surface area contributed by atoms with Crippen LogP contribution >= 0.6 is 11.6 Å². The van der Waals surface area contributed by atoms with Gasteiger partial charge in [0.25, 0.3) is 0 Å². The fraction of sp³-hybridized carbons (Fsp3) is 0.235. The van der Waals surface area contributed by atoms with Gasteiger partial charge in [-0.15, -0.1) is 0 Å². The molecule has 0 aliphatic rings. The quantitative estimate of drug-likeness (QED) is 0.773. The third-order valence-corrected chi connectivity index (χ3v) is 3.91. The number of aromatic nitrogens is 4. The molecule has 1 amide bonds. The number of carbonyl (C=O) groups is 1. The Hall–Kier alpha value is -2.60. The van der Waals surface area contributed by atoms with Gasteiger partial charge in [-0.05, 0) is 37.1 Å². The first-order valence-corrected chi connectivity index (χ1v) is 7.98. The summed E-state index contributed by atoms with van der Waals surface area (Å²) in [6.07, 6.45) is 5.39. The van der Waals surface area contributed by atoms with Crippen molar-refractivity contribution in [1.29, 1.82) is 0 Å². The SMILES string of the molecule is Cc1cnn(C(C)C(=O)Nc2ccn(Cc3ccc(Cl)cc3)n2)c1. The average Bonchev–Trinajstić information content (AvgIpc) is 3.18. The minimum Gasteiger partial charge on any atom is -0.307 e. The van der Waals surface area contributed by atoms with Crippen molar-refractivity contribution in [3.63, 3.8) is 0 Å². The molecule has 3 rings (SSSR count). The van der Waals surface area contributed by atoms with Crippen LogP contribution in [0.5, 0.6) is 0 Å². The van der Waals surface area contributed by atoms with Crippen molar-refractivity contribution in [2.75, 3.05) is 5.32 Å². The molecule has 1 unspecified atom stereocenters. The van der Waals surface area contributed by atoms with Gasteiger partial charge in [0.1, 0.15) is 6.04 Å². The monoisotopic (exact) mass is 343 g/mol. The second kappa shape index (κ2) is 6.88. The summed E-state index contributed by atoms with van der Waals surface area (Å²) in [5.74, 6) is 0.361. The first-order valence-electron chi connectivity index (χ1n) is 7.61. The summed E-state index contributed by atoms with van der Waals surface area (Å²) >= 11 is 5.88. The lowest BCUT2D eigenvalue weighted by Crippen LogP contribution is -2.24. The Labute approximate surface area is 145 Å². The van der Waals surface area contributed by atoms with Crippen LogP contribution in [0.1, 0.15) is 24.1 Å². The second-order valence-corrected chi connectivity index (χ2v) is 6.12. The lowest BCUT2D eigenvalue weighted by Gasteiger charge is -2.11. The van der Waals surface area contributed by atoms with E-state index in [1.807, 2.05) is 43.6 Å². The number of carbonyl (C=O) groups excluding carboxylic acids is 1. The normalized spacial score (nSPS) is 12.1. The van der Waals surface area contributed by atoms with Crippen LogP contribution in [0.25, 0.3) is 0 Å². The van der Waals surface area contributed by atoms with E-state index in [2.05, 4.69) is 15.5 Å². The lowest BCUT2D eigenvalue weighted by atomic mass is 10.2. The number of hydrogen-bond acceptors (Lipinski definition) is 3. The zero-order valence-electron chi connectivity index (χ0n) is 13.5. The first-order chi connectivity index (χ1) is 11.5. The highest BCUT2D eigenvalue weighted by atomic mass is 35.5. The average molecular weight is 344 g/mol. The maximum atomic E-state index is 12.3. The Bertz CT molecular complexity index is 837. The molecule has 0 saturated carbocycles. The highest BCUT2D eigenvalue weighted by Crippen LogP contribution is 2.13. The zero-order chi connectivity index (χ0) is 17.1. The van der Waals surface area contributed by atoms with Gasteiger partial charge in [0.05, 0.1) is 12.7 Å². The summed E-state index contributed by atoms with van der Waals surface area (Å²) in [7, 11) is 0. The maximum absolute atomic E-state index is 12.3. The number of aryl methyl sites for hydroxylation is 1. The molecule has 0 aliphatic heterocycles. The van der Waals surface area contributed by atoms with Gasteiger partial charge in [-0.3, -0.25) is 14.2 Å². The van der Waals surface area contributed by atoms with Gasteiger partial charge in [0.2, 0.25) is 5.91 Å². The van der Waals surface area contributed by atoms with Crippen LogP contribution in [-0.4, -0.2) is 25.5 Å². The van der Waals surface area contributed by atoms with E-state index in [0.717, 1.165) is 11.1 Å². The molecule has 3 aromatic rings. The van der Waals surface area contributed by atoms with Crippen LogP contribution in [0.3, 0.4) is 0 Å². The van der Waals surface area contributed by atoms with Crippen LogP contribution in [0.4, 0.5) is 5.82 Å². The minimum absolute atomic E-state index is 0.158. The first kappa shape index (κ1) is 16.3. The van der Waals surface area contributed by atoms with Crippen molar-refractivity contribution in [2.24, 2.45) is 0 Å². The van der Waals surface area contributed by atoms with E-state index >= 15 is 0 Å². The summed E-state index contributed by atoms with van der Waals surface area (Å²) in [6, 6.07) is 8.96. The van der Waals surface area contributed by atoms with E-state index in [4.69, 9.17) is 11.6 Å². The maximum Gasteiger partial charge on any atom is 0.250 e. The van der Waals surface area contributed by atoms with Crippen LogP contribution in [0.15, 0.2) is 48.9 Å². The molecular weight excluding hydrogens is 326 g/mol. The van der Waals surface area contributed by atoms with Crippen molar-refractivity contribution >= 4 is 23.3 Å². The molecule has 0 bridgehead atoms.